The quantitative estimate of drug-likeness (QED) is 0.287. The van der Waals surface area contributed by atoms with Crippen molar-refractivity contribution in [2.24, 2.45) is 5.92 Å². The van der Waals surface area contributed by atoms with Gasteiger partial charge in [0.25, 0.3) is 5.89 Å². The van der Waals surface area contributed by atoms with Crippen molar-refractivity contribution >= 4 is 17.3 Å². The summed E-state index contributed by atoms with van der Waals surface area (Å²) in [6, 6.07) is 13.5. The third-order valence-electron chi connectivity index (χ3n) is 6.04. The predicted molar refractivity (Wildman–Crippen MR) is 125 cm³/mol. The van der Waals surface area contributed by atoms with E-state index in [1.807, 2.05) is 12.1 Å². The largest absolute Gasteiger partial charge is 0.481 e. The summed E-state index contributed by atoms with van der Waals surface area (Å²) in [5.41, 5.74) is 1.76. The van der Waals surface area contributed by atoms with E-state index in [9.17, 15) is 22.4 Å². The molecule has 5 rings (SSSR count). The first-order valence-corrected chi connectivity index (χ1v) is 11.9. The molecule has 11 heteroatoms. The van der Waals surface area contributed by atoms with Crippen LogP contribution >= 0.6 is 11.3 Å². The Labute approximate surface area is 206 Å². The van der Waals surface area contributed by atoms with Gasteiger partial charge < -0.3 is 14.9 Å². The van der Waals surface area contributed by atoms with E-state index >= 15 is 0 Å². The number of halogens is 4. The number of nitrogens with one attached hydrogen (secondary N) is 1. The SMILES string of the molecule is O=C(O)C[C@@H]1CN[C@@H](c2ccc(-c3noc(-c4cc(-c5ccc(F)cc5)c(C(F)(F)F)s4)n3)cc2)C1. The molecule has 0 unspecified atom stereocenters. The molecule has 0 aliphatic carbocycles. The van der Waals surface area contributed by atoms with Crippen molar-refractivity contribution in [1.82, 2.24) is 15.5 Å². The van der Waals surface area contributed by atoms with E-state index in [0.29, 0.717) is 29.9 Å². The molecule has 2 atom stereocenters. The number of carboxylic acids is 1. The third kappa shape index (κ3) is 5.02. The number of benzene rings is 2. The summed E-state index contributed by atoms with van der Waals surface area (Å²) in [5.74, 6) is -1.11. The maximum atomic E-state index is 13.7. The van der Waals surface area contributed by atoms with E-state index in [2.05, 4.69) is 15.5 Å². The molecule has 0 amide bonds. The Balaban J connectivity index is 1.37. The Bertz CT molecular complexity index is 1380. The number of nitrogens with zero attached hydrogens (tertiary/aromatic N) is 2. The van der Waals surface area contributed by atoms with Gasteiger partial charge in [-0.3, -0.25) is 4.79 Å². The first-order chi connectivity index (χ1) is 17.2. The number of hydrogen-bond acceptors (Lipinski definition) is 6. The van der Waals surface area contributed by atoms with Crippen LogP contribution in [0.4, 0.5) is 17.6 Å². The highest BCUT2D eigenvalue weighted by molar-refractivity contribution is 7.16. The monoisotopic (exact) mass is 517 g/mol. The van der Waals surface area contributed by atoms with Crippen LogP contribution in [0.25, 0.3) is 33.3 Å². The zero-order chi connectivity index (χ0) is 25.4. The highest BCUT2D eigenvalue weighted by Crippen LogP contribution is 2.45. The summed E-state index contributed by atoms with van der Waals surface area (Å²) >= 11 is 0.486. The van der Waals surface area contributed by atoms with Crippen LogP contribution in [0.15, 0.2) is 59.1 Å². The van der Waals surface area contributed by atoms with Crippen molar-refractivity contribution in [2.45, 2.75) is 25.1 Å². The Morgan fingerprint density at radius 2 is 1.81 bits per heavy atom. The first kappa shape index (κ1) is 24.1. The minimum absolute atomic E-state index is 0.0426. The van der Waals surface area contributed by atoms with Gasteiger partial charge in [-0.25, -0.2) is 4.39 Å². The second kappa shape index (κ2) is 9.47. The van der Waals surface area contributed by atoms with Crippen molar-refractivity contribution in [1.29, 1.82) is 0 Å². The molecule has 6 nitrogen and oxygen atoms in total. The van der Waals surface area contributed by atoms with Crippen molar-refractivity contribution in [2.75, 3.05) is 6.54 Å². The highest BCUT2D eigenvalue weighted by atomic mass is 32.1. The lowest BCUT2D eigenvalue weighted by molar-refractivity contribution is -0.138. The topological polar surface area (TPSA) is 88.2 Å². The number of hydrogen-bond donors (Lipinski definition) is 2. The molecule has 2 N–H and O–H groups in total. The lowest BCUT2D eigenvalue weighted by Crippen LogP contribution is -2.14. The summed E-state index contributed by atoms with van der Waals surface area (Å²) in [4.78, 5) is 14.5. The Hall–Kier alpha value is -3.57. The van der Waals surface area contributed by atoms with E-state index in [1.165, 1.54) is 18.2 Å². The van der Waals surface area contributed by atoms with Crippen LogP contribution in [0.2, 0.25) is 0 Å². The van der Waals surface area contributed by atoms with Crippen LogP contribution in [-0.4, -0.2) is 27.8 Å². The van der Waals surface area contributed by atoms with Crippen molar-refractivity contribution in [3.05, 3.63) is 70.9 Å². The number of aromatic nitrogens is 2. The molecule has 186 valence electrons. The number of rotatable bonds is 6. The maximum absolute atomic E-state index is 13.7. The van der Waals surface area contributed by atoms with Crippen LogP contribution in [0.5, 0.6) is 0 Å². The number of carboxylic acid groups (broad SMARTS) is 1. The molecular weight excluding hydrogens is 498 g/mol. The Morgan fingerprint density at radius 1 is 1.11 bits per heavy atom. The molecule has 1 fully saturated rings. The lowest BCUT2D eigenvalue weighted by Gasteiger charge is -2.11. The number of thiophene rings is 1. The van der Waals surface area contributed by atoms with E-state index in [1.54, 1.807) is 12.1 Å². The van der Waals surface area contributed by atoms with Gasteiger partial charge in [-0.2, -0.15) is 18.2 Å². The van der Waals surface area contributed by atoms with Crippen LogP contribution in [0.3, 0.4) is 0 Å². The summed E-state index contributed by atoms with van der Waals surface area (Å²) in [6.45, 7) is 0.632. The van der Waals surface area contributed by atoms with Crippen molar-refractivity contribution in [3.8, 4) is 33.3 Å². The van der Waals surface area contributed by atoms with Gasteiger partial charge in [0.1, 0.15) is 10.7 Å². The Kier molecular flexibility index (Phi) is 6.35. The molecule has 1 saturated heterocycles. The van der Waals surface area contributed by atoms with Gasteiger partial charge in [-0.05, 0) is 48.2 Å². The molecule has 1 aliphatic heterocycles. The lowest BCUT2D eigenvalue weighted by atomic mass is 9.97. The highest BCUT2D eigenvalue weighted by Gasteiger charge is 2.37. The van der Waals surface area contributed by atoms with Gasteiger partial charge in [0.15, 0.2) is 0 Å². The zero-order valence-electron chi connectivity index (χ0n) is 18.6. The van der Waals surface area contributed by atoms with Crippen LogP contribution < -0.4 is 5.32 Å². The molecule has 0 spiro atoms. The second-order valence-electron chi connectivity index (χ2n) is 8.56. The molecule has 4 aromatic rings. The minimum Gasteiger partial charge on any atom is -0.481 e. The molecule has 3 heterocycles. The van der Waals surface area contributed by atoms with Crippen LogP contribution in [0.1, 0.15) is 29.3 Å². The molecule has 0 saturated carbocycles. The third-order valence-corrected chi connectivity index (χ3v) is 7.21. The van der Waals surface area contributed by atoms with E-state index in [4.69, 9.17) is 9.63 Å². The van der Waals surface area contributed by atoms with Gasteiger partial charge in [0.05, 0.1) is 4.88 Å². The summed E-state index contributed by atoms with van der Waals surface area (Å²) in [6.07, 6.45) is -3.77. The average molecular weight is 518 g/mol. The molecule has 2 aromatic heterocycles. The van der Waals surface area contributed by atoms with Crippen LogP contribution in [0, 0.1) is 11.7 Å². The smallest absolute Gasteiger partial charge is 0.426 e. The van der Waals surface area contributed by atoms with Gasteiger partial charge >= 0.3 is 12.1 Å². The fourth-order valence-corrected chi connectivity index (χ4v) is 5.29. The molecule has 0 radical (unpaired) electrons. The first-order valence-electron chi connectivity index (χ1n) is 11.0. The number of alkyl halides is 3. The van der Waals surface area contributed by atoms with Crippen molar-refractivity contribution in [3.63, 3.8) is 0 Å². The van der Waals surface area contributed by atoms with E-state index < -0.39 is 22.8 Å². The normalized spacial score (nSPS) is 18.0. The van der Waals surface area contributed by atoms with Crippen molar-refractivity contribution < 1.29 is 32.0 Å². The summed E-state index contributed by atoms with van der Waals surface area (Å²) < 4.78 is 59.6. The fourth-order valence-electron chi connectivity index (χ4n) is 4.32. The van der Waals surface area contributed by atoms with Gasteiger partial charge in [0, 0.05) is 23.6 Å². The second-order valence-corrected chi connectivity index (χ2v) is 9.62. The zero-order valence-corrected chi connectivity index (χ0v) is 19.4. The van der Waals surface area contributed by atoms with E-state index in [0.717, 1.165) is 17.7 Å². The van der Waals surface area contributed by atoms with Gasteiger partial charge in [0.2, 0.25) is 5.82 Å². The maximum Gasteiger partial charge on any atom is 0.426 e. The Morgan fingerprint density at radius 3 is 2.47 bits per heavy atom. The predicted octanol–water partition coefficient (Wildman–Crippen LogP) is 6.42. The summed E-state index contributed by atoms with van der Waals surface area (Å²) in [7, 11) is 0. The number of carbonyl (C=O) groups is 1. The minimum atomic E-state index is -4.61. The molecule has 1 aliphatic rings. The van der Waals surface area contributed by atoms with E-state index in [-0.39, 0.29) is 46.1 Å². The number of aliphatic carboxylic acids is 1. The molecular formula is C25H19F4N3O3S. The summed E-state index contributed by atoms with van der Waals surface area (Å²) in [5, 5.41) is 16.2. The standard InChI is InChI=1S/C25H19F4N3O3S/c26-17-7-5-14(6-8-17)18-11-20(36-22(18)25(27,28)29)24-31-23(32-35-24)16-3-1-15(2-4-16)19-9-13(12-30-19)10-21(33)34/h1-8,11,13,19,30H,9-10,12H2,(H,33,34)/t13-,19-/m1/s1. The van der Waals surface area contributed by atoms with Crippen LogP contribution in [-0.2, 0) is 11.0 Å². The molecule has 2 aromatic carbocycles. The van der Waals surface area contributed by atoms with Gasteiger partial charge in [-0.1, -0.05) is 41.6 Å². The average Bonchev–Trinajstić information content (AvgIpc) is 3.58. The molecule has 36 heavy (non-hydrogen) atoms. The fraction of sp³-hybridized carbons (Fsp3) is 0.240. The van der Waals surface area contributed by atoms with Gasteiger partial charge in [-0.15, -0.1) is 11.3 Å². The molecule has 0 bridgehead atoms.